The molecule has 1 atom stereocenters. The van der Waals surface area contributed by atoms with Crippen LogP contribution in [-0.2, 0) is 17.4 Å². The van der Waals surface area contributed by atoms with E-state index in [2.05, 4.69) is 5.32 Å². The second-order valence-corrected chi connectivity index (χ2v) is 5.53. The van der Waals surface area contributed by atoms with Crippen LogP contribution in [-0.4, -0.2) is 16.9 Å². The smallest absolute Gasteiger partial charge is 0.392 e. The van der Waals surface area contributed by atoms with Crippen LogP contribution in [0, 0.1) is 5.92 Å². The zero-order chi connectivity index (χ0) is 16.2. The van der Waals surface area contributed by atoms with Crippen molar-refractivity contribution < 1.29 is 18.0 Å². The molecule has 116 valence electrons. The van der Waals surface area contributed by atoms with Gasteiger partial charge in [-0.1, -0.05) is 38.2 Å². The average Bonchev–Trinajstić information content (AvgIpc) is 2.34. The Kier molecular flexibility index (Phi) is 5.71. The second kappa shape index (κ2) is 6.89. The van der Waals surface area contributed by atoms with Gasteiger partial charge in [-0.3, -0.25) is 4.79 Å². The van der Waals surface area contributed by atoms with Crippen molar-refractivity contribution >= 4 is 23.1 Å². The zero-order valence-corrected chi connectivity index (χ0v) is 12.5. The van der Waals surface area contributed by atoms with Crippen molar-refractivity contribution in [2.45, 2.75) is 32.5 Å². The molecule has 1 aromatic carbocycles. The molecule has 3 nitrogen and oxygen atoms in total. The Morgan fingerprint density at radius 3 is 2.19 bits per heavy atom. The highest BCUT2D eigenvalue weighted by Gasteiger charge is 2.30. The minimum atomic E-state index is -4.38. The highest BCUT2D eigenvalue weighted by molar-refractivity contribution is 7.80. The number of thiocarbonyl (C=S) groups is 1. The summed E-state index contributed by atoms with van der Waals surface area (Å²) in [5.41, 5.74) is 5.29. The molecule has 0 aliphatic rings. The van der Waals surface area contributed by atoms with Gasteiger partial charge in [0, 0.05) is 0 Å². The molecule has 0 aromatic heterocycles. The highest BCUT2D eigenvalue weighted by Crippen LogP contribution is 2.29. The molecule has 0 aliphatic carbocycles. The number of nitrogens with one attached hydrogen (secondary N) is 1. The first-order valence-electron chi connectivity index (χ1n) is 6.36. The molecule has 3 N–H and O–H groups in total. The third kappa shape index (κ3) is 5.34. The van der Waals surface area contributed by atoms with E-state index < -0.39 is 17.8 Å². The summed E-state index contributed by atoms with van der Waals surface area (Å²) in [7, 11) is 0. The Morgan fingerprint density at radius 2 is 1.81 bits per heavy atom. The van der Waals surface area contributed by atoms with E-state index in [0.717, 1.165) is 12.1 Å². The summed E-state index contributed by atoms with van der Waals surface area (Å²) in [6.45, 7) is 3.73. The van der Waals surface area contributed by atoms with Gasteiger partial charge in [0.2, 0.25) is 5.91 Å². The summed E-state index contributed by atoms with van der Waals surface area (Å²) >= 11 is 4.87. The Labute approximate surface area is 126 Å². The lowest BCUT2D eigenvalue weighted by Gasteiger charge is -2.21. The van der Waals surface area contributed by atoms with E-state index in [1.807, 2.05) is 13.8 Å². The maximum Gasteiger partial charge on any atom is 0.416 e. The first-order valence-corrected chi connectivity index (χ1v) is 6.77. The van der Waals surface area contributed by atoms with Gasteiger partial charge in [0.05, 0.1) is 23.0 Å². The van der Waals surface area contributed by atoms with Crippen molar-refractivity contribution in [1.29, 1.82) is 0 Å². The fraction of sp³-hybridized carbons (Fsp3) is 0.429. The van der Waals surface area contributed by atoms with Gasteiger partial charge in [0.25, 0.3) is 0 Å². The van der Waals surface area contributed by atoms with Crippen LogP contribution in [0.5, 0.6) is 0 Å². The number of amides is 1. The molecule has 0 aliphatic heterocycles. The number of carbonyl (C=O) groups is 1. The van der Waals surface area contributed by atoms with E-state index >= 15 is 0 Å². The number of hydrogen-bond acceptors (Lipinski definition) is 2. The third-order valence-corrected chi connectivity index (χ3v) is 3.19. The molecular formula is C14H17F3N2OS. The quantitative estimate of drug-likeness (QED) is 0.821. The van der Waals surface area contributed by atoms with Crippen molar-refractivity contribution in [2.75, 3.05) is 0 Å². The van der Waals surface area contributed by atoms with Gasteiger partial charge in [-0.15, -0.1) is 0 Å². The molecule has 0 fully saturated rings. The minimum Gasteiger partial charge on any atom is -0.392 e. The van der Waals surface area contributed by atoms with E-state index in [9.17, 15) is 18.0 Å². The number of hydrogen-bond donors (Lipinski definition) is 2. The van der Waals surface area contributed by atoms with Crippen LogP contribution in [0.25, 0.3) is 0 Å². The third-order valence-electron chi connectivity index (χ3n) is 2.94. The van der Waals surface area contributed by atoms with Crippen LogP contribution in [0.3, 0.4) is 0 Å². The molecular weight excluding hydrogens is 301 g/mol. The maximum atomic E-state index is 12.4. The van der Waals surface area contributed by atoms with Gasteiger partial charge >= 0.3 is 6.18 Å². The topological polar surface area (TPSA) is 55.1 Å². The molecule has 1 aromatic rings. The minimum absolute atomic E-state index is 0.0238. The zero-order valence-electron chi connectivity index (χ0n) is 11.7. The van der Waals surface area contributed by atoms with E-state index in [-0.39, 0.29) is 23.2 Å². The molecule has 0 saturated carbocycles. The normalized spacial score (nSPS) is 13.0. The Bertz CT molecular complexity index is 512. The Balaban J connectivity index is 2.69. The van der Waals surface area contributed by atoms with Crippen LogP contribution in [0.2, 0.25) is 0 Å². The first kappa shape index (κ1) is 17.4. The molecule has 0 spiro atoms. The van der Waals surface area contributed by atoms with Crippen LogP contribution >= 0.6 is 12.2 Å². The molecule has 0 saturated heterocycles. The molecule has 0 heterocycles. The van der Waals surface area contributed by atoms with Crippen molar-refractivity contribution in [3.63, 3.8) is 0 Å². The molecule has 0 radical (unpaired) electrons. The van der Waals surface area contributed by atoms with E-state index in [1.54, 1.807) is 0 Å². The van der Waals surface area contributed by atoms with Crippen LogP contribution < -0.4 is 11.1 Å². The summed E-state index contributed by atoms with van der Waals surface area (Å²) in [6, 6.07) is 4.05. The van der Waals surface area contributed by atoms with Crippen molar-refractivity contribution in [3.05, 3.63) is 35.4 Å². The Morgan fingerprint density at radius 1 is 1.29 bits per heavy atom. The van der Waals surface area contributed by atoms with Gasteiger partial charge in [0.15, 0.2) is 0 Å². The fourth-order valence-corrected chi connectivity index (χ4v) is 2.12. The molecule has 1 rings (SSSR count). The molecule has 0 bridgehead atoms. The molecule has 21 heavy (non-hydrogen) atoms. The Hall–Kier alpha value is -1.63. The van der Waals surface area contributed by atoms with Crippen LogP contribution in [0.4, 0.5) is 13.2 Å². The van der Waals surface area contributed by atoms with Crippen LogP contribution in [0.15, 0.2) is 24.3 Å². The van der Waals surface area contributed by atoms with E-state index in [1.165, 1.54) is 12.1 Å². The predicted molar refractivity (Wildman–Crippen MR) is 78.7 cm³/mol. The largest absolute Gasteiger partial charge is 0.416 e. The SMILES string of the molecule is CC(C)C(NC(=O)Cc1ccc(C(F)(F)F)cc1)C(N)=S. The lowest BCUT2D eigenvalue weighted by atomic mass is 10.0. The lowest BCUT2D eigenvalue weighted by molar-refractivity contribution is -0.137. The first-order chi connectivity index (χ1) is 9.61. The summed E-state index contributed by atoms with van der Waals surface area (Å²) in [5.74, 6) is -0.291. The maximum absolute atomic E-state index is 12.4. The summed E-state index contributed by atoms with van der Waals surface area (Å²) in [4.78, 5) is 12.1. The number of rotatable bonds is 5. The van der Waals surface area contributed by atoms with E-state index in [0.29, 0.717) is 5.56 Å². The summed E-state index contributed by atoms with van der Waals surface area (Å²) in [6.07, 6.45) is -4.40. The van der Waals surface area contributed by atoms with Gasteiger partial charge in [-0.2, -0.15) is 13.2 Å². The molecule has 1 unspecified atom stereocenters. The summed E-state index contributed by atoms with van der Waals surface area (Å²) in [5, 5.41) is 2.68. The number of carbonyl (C=O) groups excluding carboxylic acids is 1. The average molecular weight is 318 g/mol. The van der Waals surface area contributed by atoms with Crippen molar-refractivity contribution in [3.8, 4) is 0 Å². The van der Waals surface area contributed by atoms with Crippen molar-refractivity contribution in [1.82, 2.24) is 5.32 Å². The highest BCUT2D eigenvalue weighted by atomic mass is 32.1. The van der Waals surface area contributed by atoms with E-state index in [4.69, 9.17) is 18.0 Å². The lowest BCUT2D eigenvalue weighted by Crippen LogP contribution is -2.47. The number of benzene rings is 1. The number of nitrogens with two attached hydrogens (primary N) is 1. The standard InChI is InChI=1S/C14H17F3N2OS/c1-8(2)12(13(18)21)19-11(20)7-9-3-5-10(6-4-9)14(15,16)17/h3-6,8,12H,7H2,1-2H3,(H2,18,21)(H,19,20). The number of halogens is 3. The second-order valence-electron chi connectivity index (χ2n) is 5.06. The monoisotopic (exact) mass is 318 g/mol. The fourth-order valence-electron chi connectivity index (χ4n) is 1.79. The van der Waals surface area contributed by atoms with Gasteiger partial charge in [-0.05, 0) is 23.6 Å². The van der Waals surface area contributed by atoms with Gasteiger partial charge < -0.3 is 11.1 Å². The number of alkyl halides is 3. The molecule has 7 heteroatoms. The summed E-state index contributed by atoms with van der Waals surface area (Å²) < 4.78 is 37.3. The predicted octanol–water partition coefficient (Wildman–Crippen LogP) is 2.67. The molecule has 1 amide bonds. The van der Waals surface area contributed by atoms with Gasteiger partial charge in [-0.25, -0.2) is 0 Å². The van der Waals surface area contributed by atoms with Gasteiger partial charge in [0.1, 0.15) is 0 Å². The van der Waals surface area contributed by atoms with Crippen LogP contribution in [0.1, 0.15) is 25.0 Å². The van der Waals surface area contributed by atoms with Crippen molar-refractivity contribution in [2.24, 2.45) is 11.7 Å².